The van der Waals surface area contributed by atoms with Crippen molar-refractivity contribution in [2.24, 2.45) is 0 Å². The van der Waals surface area contributed by atoms with E-state index in [0.29, 0.717) is 27.8 Å². The summed E-state index contributed by atoms with van der Waals surface area (Å²) in [4.78, 5) is 12.2. The summed E-state index contributed by atoms with van der Waals surface area (Å²) in [7, 11) is 0. The van der Waals surface area contributed by atoms with Gasteiger partial charge >= 0.3 is 5.97 Å². The average Bonchev–Trinajstić information content (AvgIpc) is 2.74. The van der Waals surface area contributed by atoms with Crippen LogP contribution in [0.2, 0.25) is 5.02 Å². The quantitative estimate of drug-likeness (QED) is 0.630. The van der Waals surface area contributed by atoms with Gasteiger partial charge in [0.2, 0.25) is 0 Å². The van der Waals surface area contributed by atoms with Gasteiger partial charge in [0.1, 0.15) is 11.3 Å². The van der Waals surface area contributed by atoms with Crippen LogP contribution in [-0.2, 0) is 0 Å². The monoisotopic (exact) mass is 279 g/mol. The number of benzene rings is 1. The first-order valence-electron chi connectivity index (χ1n) is 5.93. The van der Waals surface area contributed by atoms with Crippen molar-refractivity contribution in [1.29, 1.82) is 0 Å². The Morgan fingerprint density at radius 1 is 1.32 bits per heavy atom. The van der Waals surface area contributed by atoms with E-state index in [9.17, 15) is 4.79 Å². The molecule has 0 aliphatic carbocycles. The maximum Gasteiger partial charge on any atom is 0.349 e. The van der Waals surface area contributed by atoms with E-state index in [1.165, 1.54) is 0 Å². The van der Waals surface area contributed by atoms with Crippen molar-refractivity contribution < 1.29 is 14.1 Å². The Morgan fingerprint density at radius 2 is 1.95 bits per heavy atom. The molecule has 19 heavy (non-hydrogen) atoms. The summed E-state index contributed by atoms with van der Waals surface area (Å²) in [5.74, 6) is 0.569. The summed E-state index contributed by atoms with van der Waals surface area (Å²) in [6, 6.07) is 6.60. The molecular weight excluding hydrogens is 266 g/mol. The zero-order valence-corrected chi connectivity index (χ0v) is 11.7. The number of carbonyl (C=O) groups excluding carboxylic acids is 1. The molecule has 0 atom stereocenters. The van der Waals surface area contributed by atoms with Crippen LogP contribution in [0.15, 0.2) is 28.8 Å². The minimum absolute atomic E-state index is 0.0639. The van der Waals surface area contributed by atoms with E-state index in [1.807, 2.05) is 13.8 Å². The van der Waals surface area contributed by atoms with Crippen LogP contribution >= 0.6 is 11.6 Å². The summed E-state index contributed by atoms with van der Waals surface area (Å²) in [6.45, 7) is 5.58. The normalized spacial score (nSPS) is 10.8. The van der Waals surface area contributed by atoms with Gasteiger partial charge in [-0.3, -0.25) is 0 Å². The lowest BCUT2D eigenvalue weighted by Gasteiger charge is -2.06. The molecule has 0 N–H and O–H groups in total. The van der Waals surface area contributed by atoms with Gasteiger partial charge in [-0.2, -0.15) is 0 Å². The van der Waals surface area contributed by atoms with Crippen molar-refractivity contribution in [2.75, 3.05) is 0 Å². The predicted octanol–water partition coefficient (Wildman–Crippen LogP) is 3.98. The smallest absolute Gasteiger partial charge is 0.349 e. The number of esters is 1. The second kappa shape index (κ2) is 5.45. The third-order valence-electron chi connectivity index (χ3n) is 2.64. The predicted molar refractivity (Wildman–Crippen MR) is 71.7 cm³/mol. The van der Waals surface area contributed by atoms with E-state index in [0.717, 1.165) is 0 Å². The Hall–Kier alpha value is -1.81. The number of hydrogen-bond donors (Lipinski definition) is 0. The van der Waals surface area contributed by atoms with Crippen LogP contribution in [-0.4, -0.2) is 11.1 Å². The van der Waals surface area contributed by atoms with Crippen LogP contribution in [0.25, 0.3) is 0 Å². The molecule has 100 valence electrons. The molecule has 5 heteroatoms. The molecule has 0 unspecified atom stereocenters. The summed E-state index contributed by atoms with van der Waals surface area (Å²) in [5, 5.41) is 4.40. The first-order chi connectivity index (χ1) is 8.99. The molecule has 0 radical (unpaired) electrons. The van der Waals surface area contributed by atoms with E-state index in [-0.39, 0.29) is 5.92 Å². The number of hydrogen-bond acceptors (Lipinski definition) is 4. The number of rotatable bonds is 3. The minimum atomic E-state index is -0.468. The maximum absolute atomic E-state index is 12.2. The fourth-order valence-electron chi connectivity index (χ4n) is 1.69. The molecule has 0 saturated heterocycles. The molecule has 1 heterocycles. The second-order valence-electron chi connectivity index (χ2n) is 4.51. The van der Waals surface area contributed by atoms with Crippen LogP contribution in [0, 0.1) is 6.92 Å². The highest BCUT2D eigenvalue weighted by Gasteiger charge is 2.24. The van der Waals surface area contributed by atoms with Crippen LogP contribution < -0.4 is 4.74 Å². The van der Waals surface area contributed by atoms with Gasteiger partial charge in [-0.1, -0.05) is 30.6 Å². The van der Waals surface area contributed by atoms with Gasteiger partial charge in [0.05, 0.1) is 5.69 Å². The number of nitrogens with zero attached hydrogens (tertiary/aromatic N) is 1. The summed E-state index contributed by atoms with van der Waals surface area (Å²) < 4.78 is 10.5. The third kappa shape index (κ3) is 2.96. The first-order valence-corrected chi connectivity index (χ1v) is 6.30. The lowest BCUT2D eigenvalue weighted by atomic mass is 10.1. The maximum atomic E-state index is 12.2. The lowest BCUT2D eigenvalue weighted by molar-refractivity contribution is 0.0731. The Bertz CT molecular complexity index is 587. The lowest BCUT2D eigenvalue weighted by Crippen LogP contribution is -2.11. The van der Waals surface area contributed by atoms with Crippen LogP contribution in [0.1, 0.15) is 41.6 Å². The van der Waals surface area contributed by atoms with E-state index < -0.39 is 5.97 Å². The molecule has 1 aromatic carbocycles. The molecule has 0 aliphatic heterocycles. The van der Waals surface area contributed by atoms with Crippen molar-refractivity contribution in [3.05, 3.63) is 46.3 Å². The molecule has 0 saturated carbocycles. The highest BCUT2D eigenvalue weighted by Crippen LogP contribution is 2.24. The zero-order chi connectivity index (χ0) is 14.0. The van der Waals surface area contributed by atoms with E-state index in [1.54, 1.807) is 31.2 Å². The Balaban J connectivity index is 2.25. The van der Waals surface area contributed by atoms with Crippen LogP contribution in [0.3, 0.4) is 0 Å². The summed E-state index contributed by atoms with van der Waals surface area (Å²) in [5.41, 5.74) is 0.924. The van der Waals surface area contributed by atoms with Gasteiger partial charge in [-0.25, -0.2) is 4.79 Å². The first kappa shape index (κ1) is 13.6. The topological polar surface area (TPSA) is 52.3 Å². The van der Waals surface area contributed by atoms with Crippen molar-refractivity contribution in [3.8, 4) is 5.75 Å². The highest BCUT2D eigenvalue weighted by molar-refractivity contribution is 6.30. The van der Waals surface area contributed by atoms with E-state index in [2.05, 4.69) is 5.16 Å². The molecule has 0 bridgehead atoms. The second-order valence-corrected chi connectivity index (χ2v) is 4.94. The summed E-state index contributed by atoms with van der Waals surface area (Å²) >= 11 is 5.77. The number of ether oxygens (including phenoxy) is 1. The van der Waals surface area contributed by atoms with Crippen LogP contribution in [0.5, 0.6) is 5.75 Å². The van der Waals surface area contributed by atoms with Gasteiger partial charge in [0, 0.05) is 10.9 Å². The van der Waals surface area contributed by atoms with Crippen LogP contribution in [0.4, 0.5) is 0 Å². The molecule has 1 aromatic heterocycles. The van der Waals surface area contributed by atoms with Crippen molar-refractivity contribution in [2.45, 2.75) is 26.7 Å². The van der Waals surface area contributed by atoms with E-state index >= 15 is 0 Å². The number of aryl methyl sites for hydroxylation is 1. The number of halogens is 1. The van der Waals surface area contributed by atoms with Gasteiger partial charge in [0.15, 0.2) is 5.76 Å². The van der Waals surface area contributed by atoms with Crippen molar-refractivity contribution >= 4 is 17.6 Å². The van der Waals surface area contributed by atoms with Crippen molar-refractivity contribution in [1.82, 2.24) is 5.16 Å². The average molecular weight is 280 g/mol. The Morgan fingerprint density at radius 3 is 2.53 bits per heavy atom. The molecule has 0 amide bonds. The molecule has 0 fully saturated rings. The minimum Gasteiger partial charge on any atom is -0.423 e. The van der Waals surface area contributed by atoms with Crippen molar-refractivity contribution in [3.63, 3.8) is 0 Å². The molecule has 2 rings (SSSR count). The molecule has 0 spiro atoms. The molecule has 4 nitrogen and oxygen atoms in total. The SMILES string of the molecule is Cc1noc(C(C)C)c1C(=O)Oc1ccc(Cl)cc1. The summed E-state index contributed by atoms with van der Waals surface area (Å²) in [6.07, 6.45) is 0. The Labute approximate surface area is 116 Å². The van der Waals surface area contributed by atoms with E-state index in [4.69, 9.17) is 20.9 Å². The molecule has 2 aromatic rings. The fraction of sp³-hybridized carbons (Fsp3) is 0.286. The molecule has 0 aliphatic rings. The van der Waals surface area contributed by atoms with Gasteiger partial charge < -0.3 is 9.26 Å². The largest absolute Gasteiger partial charge is 0.423 e. The Kier molecular flexibility index (Phi) is 3.90. The highest BCUT2D eigenvalue weighted by atomic mass is 35.5. The fourth-order valence-corrected chi connectivity index (χ4v) is 1.82. The zero-order valence-electron chi connectivity index (χ0n) is 10.9. The standard InChI is InChI=1S/C14H14ClNO3/c1-8(2)13-12(9(3)16-19-13)14(17)18-11-6-4-10(15)5-7-11/h4-8H,1-3H3. The number of carbonyl (C=O) groups is 1. The van der Waals surface area contributed by atoms with Gasteiger partial charge in [0.25, 0.3) is 0 Å². The van der Waals surface area contributed by atoms with Gasteiger partial charge in [-0.05, 0) is 31.2 Å². The van der Waals surface area contributed by atoms with Gasteiger partial charge in [-0.15, -0.1) is 0 Å². The molecular formula is C14H14ClNO3. The number of aromatic nitrogens is 1. The third-order valence-corrected chi connectivity index (χ3v) is 2.89.